The first-order valence-electron chi connectivity index (χ1n) is 1.84. The molecule has 0 radical (unpaired) electrons. The third kappa shape index (κ3) is 7.97. The van der Waals surface area contributed by atoms with Gasteiger partial charge < -0.3 is 16.6 Å². The molecule has 0 saturated carbocycles. The molecule has 9 heavy (non-hydrogen) atoms. The number of aliphatic hydroxyl groups is 1. The molecule has 0 rings (SSSR count). The van der Waals surface area contributed by atoms with E-state index in [2.05, 4.69) is 5.73 Å². The summed E-state index contributed by atoms with van der Waals surface area (Å²) in [6.07, 6.45) is 0. The highest BCUT2D eigenvalue weighted by molar-refractivity contribution is 5.85. The maximum absolute atomic E-state index is 9.87. The van der Waals surface area contributed by atoms with Gasteiger partial charge in [-0.1, -0.05) is 0 Å². The summed E-state index contributed by atoms with van der Waals surface area (Å²) in [6, 6.07) is -0.903. The second kappa shape index (κ2) is 7.97. The fourth-order valence-electron chi connectivity index (χ4n) is 0.0900. The van der Waals surface area contributed by atoms with Crippen molar-refractivity contribution in [2.75, 3.05) is 6.61 Å². The molecule has 0 bridgehead atoms. The number of amides is 1. The zero-order valence-electron chi connectivity index (χ0n) is 4.61. The summed E-state index contributed by atoms with van der Waals surface area (Å²) in [5.41, 5.74) is 9.51. The molecule has 0 aliphatic carbocycles. The van der Waals surface area contributed by atoms with Gasteiger partial charge in [0.05, 0.1) is 6.61 Å². The second-order valence-electron chi connectivity index (χ2n) is 1.19. The lowest BCUT2D eigenvalue weighted by Gasteiger charge is -1.97. The van der Waals surface area contributed by atoms with Crippen molar-refractivity contribution < 1.29 is 9.90 Å². The van der Waals surface area contributed by atoms with E-state index in [0.29, 0.717) is 0 Å². The van der Waals surface area contributed by atoms with Crippen LogP contribution in [0.25, 0.3) is 0 Å². The number of carbonyl (C=O) groups is 1. The monoisotopic (exact) mass is 176 g/mol. The smallest absolute Gasteiger partial charge is 0.236 e. The lowest BCUT2D eigenvalue weighted by atomic mass is 10.3. The van der Waals surface area contributed by atoms with Gasteiger partial charge in [0.2, 0.25) is 5.91 Å². The van der Waals surface area contributed by atoms with Crippen LogP contribution in [0.1, 0.15) is 0 Å². The summed E-state index contributed by atoms with van der Waals surface area (Å²) in [5, 5.41) is 8.08. The molecule has 1 amide bonds. The highest BCUT2D eigenvalue weighted by atomic mass is 35.5. The number of primary amides is 1. The third-order valence-corrected chi connectivity index (χ3v) is 0.562. The Morgan fingerprint density at radius 2 is 1.89 bits per heavy atom. The van der Waals surface area contributed by atoms with Crippen LogP contribution in [0.15, 0.2) is 0 Å². The molecule has 0 aromatic carbocycles. The van der Waals surface area contributed by atoms with Crippen molar-refractivity contribution >= 4 is 30.7 Å². The highest BCUT2D eigenvalue weighted by Crippen LogP contribution is 1.67. The van der Waals surface area contributed by atoms with Gasteiger partial charge in [-0.3, -0.25) is 4.79 Å². The van der Waals surface area contributed by atoms with Gasteiger partial charge in [0.1, 0.15) is 6.04 Å². The molecule has 0 saturated heterocycles. The minimum atomic E-state index is -0.903. The molecule has 5 N–H and O–H groups in total. The molecule has 4 nitrogen and oxygen atoms in total. The zero-order chi connectivity index (χ0) is 5.86. The van der Waals surface area contributed by atoms with Crippen LogP contribution in [-0.4, -0.2) is 23.7 Å². The predicted octanol–water partition coefficient (Wildman–Crippen LogP) is -1.37. The van der Waals surface area contributed by atoms with E-state index < -0.39 is 11.9 Å². The first kappa shape index (κ1) is 16.0. The first-order chi connectivity index (χ1) is 3.18. The Balaban J connectivity index is -0.000000180. The molecular formula is C3H10Cl2N2O2. The number of carbonyl (C=O) groups excluding carboxylic acids is 1. The number of aliphatic hydroxyl groups excluding tert-OH is 1. The average Bonchev–Trinajstić information content (AvgIpc) is 1.65. The number of hydrogen-bond donors (Lipinski definition) is 3. The average molecular weight is 177 g/mol. The van der Waals surface area contributed by atoms with Crippen LogP contribution in [0.4, 0.5) is 0 Å². The van der Waals surface area contributed by atoms with Crippen molar-refractivity contribution in [2.24, 2.45) is 11.5 Å². The molecule has 0 aromatic heterocycles. The Labute approximate surface area is 65.4 Å². The molecule has 0 aliphatic rings. The molecule has 0 unspecified atom stereocenters. The highest BCUT2D eigenvalue weighted by Gasteiger charge is 2.04. The number of nitrogens with two attached hydrogens (primary N) is 2. The van der Waals surface area contributed by atoms with Gasteiger partial charge in [0, 0.05) is 0 Å². The Hall–Kier alpha value is -0.0300. The quantitative estimate of drug-likeness (QED) is 0.486. The lowest BCUT2D eigenvalue weighted by molar-refractivity contribution is -0.119. The van der Waals surface area contributed by atoms with Crippen LogP contribution in [0.5, 0.6) is 0 Å². The summed E-state index contributed by atoms with van der Waals surface area (Å²) >= 11 is 0. The maximum atomic E-state index is 9.87. The van der Waals surface area contributed by atoms with E-state index in [1.54, 1.807) is 0 Å². The molecule has 0 fully saturated rings. The second-order valence-corrected chi connectivity index (χ2v) is 1.19. The Bertz CT molecular complexity index is 80.2. The van der Waals surface area contributed by atoms with Gasteiger partial charge in [-0.05, 0) is 0 Å². The van der Waals surface area contributed by atoms with E-state index >= 15 is 0 Å². The van der Waals surface area contributed by atoms with Crippen LogP contribution >= 0.6 is 24.8 Å². The molecule has 1 atom stereocenters. The molecule has 0 aliphatic heterocycles. The van der Waals surface area contributed by atoms with Crippen molar-refractivity contribution in [3.8, 4) is 0 Å². The lowest BCUT2D eigenvalue weighted by Crippen LogP contribution is -2.39. The van der Waals surface area contributed by atoms with E-state index in [1.807, 2.05) is 0 Å². The number of halogens is 2. The minimum Gasteiger partial charge on any atom is -0.394 e. The number of hydrogen-bond acceptors (Lipinski definition) is 3. The van der Waals surface area contributed by atoms with Gasteiger partial charge in [-0.25, -0.2) is 0 Å². The summed E-state index contributed by atoms with van der Waals surface area (Å²) in [7, 11) is 0. The van der Waals surface area contributed by atoms with E-state index in [4.69, 9.17) is 10.8 Å². The molecule has 0 spiro atoms. The molecular weight excluding hydrogens is 167 g/mol. The van der Waals surface area contributed by atoms with Crippen molar-refractivity contribution in [2.45, 2.75) is 6.04 Å². The van der Waals surface area contributed by atoms with E-state index in [0.717, 1.165) is 0 Å². The Morgan fingerprint density at radius 1 is 1.56 bits per heavy atom. The van der Waals surface area contributed by atoms with E-state index in [-0.39, 0.29) is 31.4 Å². The fourth-order valence-corrected chi connectivity index (χ4v) is 0.0900. The normalized spacial score (nSPS) is 10.4. The maximum Gasteiger partial charge on any atom is 0.236 e. The minimum absolute atomic E-state index is 0. The van der Waals surface area contributed by atoms with Crippen LogP contribution in [0.2, 0.25) is 0 Å². The van der Waals surface area contributed by atoms with Crippen LogP contribution in [-0.2, 0) is 4.79 Å². The van der Waals surface area contributed by atoms with Gasteiger partial charge in [0.25, 0.3) is 0 Å². The molecule has 0 heterocycles. The summed E-state index contributed by atoms with van der Waals surface area (Å²) in [5.74, 6) is -0.678. The van der Waals surface area contributed by atoms with Gasteiger partial charge in [-0.2, -0.15) is 0 Å². The SMILES string of the molecule is Cl.Cl.NC(=O)[C@@H](N)CO. The first-order valence-corrected chi connectivity index (χ1v) is 1.84. The number of rotatable bonds is 2. The standard InChI is InChI=1S/C3H8N2O2.2ClH/c4-2(1-6)3(5)7;;/h2,6H,1,4H2,(H2,5,7);2*1H/t2-;;/m0../s1. The zero-order valence-corrected chi connectivity index (χ0v) is 6.24. The van der Waals surface area contributed by atoms with E-state index in [1.165, 1.54) is 0 Å². The topological polar surface area (TPSA) is 89.3 Å². The van der Waals surface area contributed by atoms with Crippen LogP contribution < -0.4 is 11.5 Å². The van der Waals surface area contributed by atoms with Gasteiger partial charge >= 0.3 is 0 Å². The summed E-state index contributed by atoms with van der Waals surface area (Å²) in [4.78, 5) is 9.87. The van der Waals surface area contributed by atoms with E-state index in [9.17, 15) is 4.79 Å². The van der Waals surface area contributed by atoms with Crippen LogP contribution in [0, 0.1) is 0 Å². The van der Waals surface area contributed by atoms with Crippen molar-refractivity contribution in [1.82, 2.24) is 0 Å². The van der Waals surface area contributed by atoms with Crippen molar-refractivity contribution in [3.63, 3.8) is 0 Å². The Kier molecular flexibility index (Phi) is 14.2. The summed E-state index contributed by atoms with van der Waals surface area (Å²) < 4.78 is 0. The third-order valence-electron chi connectivity index (χ3n) is 0.562. The molecule has 0 aromatic rings. The van der Waals surface area contributed by atoms with Gasteiger partial charge in [-0.15, -0.1) is 24.8 Å². The largest absolute Gasteiger partial charge is 0.394 e. The van der Waals surface area contributed by atoms with Crippen molar-refractivity contribution in [3.05, 3.63) is 0 Å². The summed E-state index contributed by atoms with van der Waals surface area (Å²) in [6.45, 7) is -0.380. The predicted molar refractivity (Wildman–Crippen MR) is 38.8 cm³/mol. The van der Waals surface area contributed by atoms with Crippen LogP contribution in [0.3, 0.4) is 0 Å². The molecule has 6 heteroatoms. The molecule has 58 valence electrons. The van der Waals surface area contributed by atoms with Gasteiger partial charge in [0.15, 0.2) is 0 Å². The fraction of sp³-hybridized carbons (Fsp3) is 0.667. The van der Waals surface area contributed by atoms with Crippen molar-refractivity contribution in [1.29, 1.82) is 0 Å². The Morgan fingerprint density at radius 3 is 1.89 bits per heavy atom.